The van der Waals surface area contributed by atoms with E-state index in [-0.39, 0.29) is 11.4 Å². The molecule has 0 saturated heterocycles. The Hall–Kier alpha value is -1.47. The average molecular weight is 355 g/mol. The summed E-state index contributed by atoms with van der Waals surface area (Å²) in [5, 5.41) is -0.442. The van der Waals surface area contributed by atoms with E-state index in [2.05, 4.69) is 0 Å². The van der Waals surface area contributed by atoms with Crippen LogP contribution in [0.15, 0.2) is 53.4 Å². The third kappa shape index (κ3) is 2.65. The first kappa shape index (κ1) is 16.4. The second-order valence-corrected chi connectivity index (χ2v) is 8.27. The van der Waals surface area contributed by atoms with Crippen LogP contribution in [0.1, 0.15) is 11.5 Å². The van der Waals surface area contributed by atoms with Gasteiger partial charge in [0.2, 0.25) is 0 Å². The maximum absolute atomic E-state index is 13.5. The number of halogens is 2. The van der Waals surface area contributed by atoms with Crippen molar-refractivity contribution in [1.29, 1.82) is 0 Å². The van der Waals surface area contributed by atoms with E-state index in [4.69, 9.17) is 23.1 Å². The van der Waals surface area contributed by atoms with E-state index in [0.29, 0.717) is 10.6 Å². The van der Waals surface area contributed by atoms with Gasteiger partial charge in [-0.05, 0) is 42.0 Å². The molecule has 3 atom stereocenters. The maximum atomic E-state index is 13.5. The number of hydrogen-bond acceptors (Lipinski definition) is 4. The SMILES string of the molecule is NC[C@]1(N)[C@H](c2cccc(F)c2)[C@@H]1S(=O)(=O)c1ccc(Cl)cc1. The van der Waals surface area contributed by atoms with Crippen molar-refractivity contribution >= 4 is 21.4 Å². The molecule has 1 aliphatic rings. The lowest BCUT2D eigenvalue weighted by Gasteiger charge is -2.09. The third-order valence-corrected chi connectivity index (χ3v) is 6.90. The summed E-state index contributed by atoms with van der Waals surface area (Å²) in [5.41, 5.74) is 11.4. The van der Waals surface area contributed by atoms with Crippen LogP contribution >= 0.6 is 11.6 Å². The molecule has 4 N–H and O–H groups in total. The molecule has 0 amide bonds. The van der Waals surface area contributed by atoms with Gasteiger partial charge in [0.1, 0.15) is 5.82 Å². The van der Waals surface area contributed by atoms with Crippen LogP contribution in [0.3, 0.4) is 0 Å². The second kappa shape index (κ2) is 5.56. The van der Waals surface area contributed by atoms with Crippen molar-refractivity contribution in [1.82, 2.24) is 0 Å². The van der Waals surface area contributed by atoms with E-state index >= 15 is 0 Å². The summed E-state index contributed by atoms with van der Waals surface area (Å²) in [6, 6.07) is 11.7. The van der Waals surface area contributed by atoms with Crippen LogP contribution in [0.5, 0.6) is 0 Å². The first-order chi connectivity index (χ1) is 10.8. The van der Waals surface area contributed by atoms with Gasteiger partial charge in [-0.2, -0.15) is 0 Å². The molecule has 0 heterocycles. The summed E-state index contributed by atoms with van der Waals surface area (Å²) in [5.74, 6) is -0.972. The van der Waals surface area contributed by atoms with E-state index in [9.17, 15) is 12.8 Å². The number of nitrogens with two attached hydrogens (primary N) is 2. The Balaban J connectivity index is 2.03. The molecule has 0 radical (unpaired) electrons. The monoisotopic (exact) mass is 354 g/mol. The molecule has 2 aromatic carbocycles. The van der Waals surface area contributed by atoms with Crippen molar-refractivity contribution in [3.05, 3.63) is 64.9 Å². The Morgan fingerprint density at radius 3 is 2.39 bits per heavy atom. The van der Waals surface area contributed by atoms with Crippen LogP contribution in [-0.2, 0) is 9.84 Å². The van der Waals surface area contributed by atoms with Crippen LogP contribution in [0.25, 0.3) is 0 Å². The Labute approximate surface area is 139 Å². The lowest BCUT2D eigenvalue weighted by Crippen LogP contribution is -2.39. The van der Waals surface area contributed by atoms with Crippen molar-refractivity contribution in [2.75, 3.05) is 6.54 Å². The topological polar surface area (TPSA) is 86.2 Å². The van der Waals surface area contributed by atoms with Gasteiger partial charge < -0.3 is 11.5 Å². The number of rotatable bonds is 4. The van der Waals surface area contributed by atoms with Crippen LogP contribution in [-0.4, -0.2) is 25.8 Å². The number of hydrogen-bond donors (Lipinski definition) is 2. The molecule has 1 saturated carbocycles. The van der Waals surface area contributed by atoms with Gasteiger partial charge in [0.05, 0.1) is 15.7 Å². The summed E-state index contributed by atoms with van der Waals surface area (Å²) in [7, 11) is -3.70. The maximum Gasteiger partial charge on any atom is 0.183 e. The highest BCUT2D eigenvalue weighted by Gasteiger charge is 2.68. The first-order valence-electron chi connectivity index (χ1n) is 7.04. The summed E-state index contributed by atoms with van der Waals surface area (Å²) < 4.78 is 39.2. The van der Waals surface area contributed by atoms with Gasteiger partial charge in [-0.1, -0.05) is 23.7 Å². The van der Waals surface area contributed by atoms with Gasteiger partial charge in [0, 0.05) is 17.5 Å². The molecule has 7 heteroatoms. The van der Waals surface area contributed by atoms with Crippen molar-refractivity contribution in [3.63, 3.8) is 0 Å². The predicted molar refractivity (Wildman–Crippen MR) is 87.5 cm³/mol. The van der Waals surface area contributed by atoms with Crippen LogP contribution in [0.2, 0.25) is 5.02 Å². The molecule has 0 aromatic heterocycles. The minimum Gasteiger partial charge on any atom is -0.329 e. The predicted octanol–water partition coefficient (Wildman–Crippen LogP) is 2.07. The zero-order valence-corrected chi connectivity index (χ0v) is 13.7. The van der Waals surface area contributed by atoms with E-state index in [1.165, 1.54) is 42.5 Å². The average Bonchev–Trinajstić information content (AvgIpc) is 3.15. The fraction of sp³-hybridized carbons (Fsp3) is 0.250. The van der Waals surface area contributed by atoms with E-state index in [0.717, 1.165) is 0 Å². The highest BCUT2D eigenvalue weighted by molar-refractivity contribution is 7.92. The molecule has 4 nitrogen and oxygen atoms in total. The summed E-state index contributed by atoms with van der Waals surface area (Å²) in [6.45, 7) is -0.00827. The van der Waals surface area contributed by atoms with E-state index in [1.54, 1.807) is 6.07 Å². The van der Waals surface area contributed by atoms with Crippen molar-refractivity contribution in [2.45, 2.75) is 21.6 Å². The Kier molecular flexibility index (Phi) is 3.96. The summed E-state index contributed by atoms with van der Waals surface area (Å²) in [4.78, 5) is 0.133. The molecular formula is C16H16ClFN2O2S. The number of sulfone groups is 1. The molecule has 122 valence electrons. The van der Waals surface area contributed by atoms with Crippen molar-refractivity contribution in [2.24, 2.45) is 11.5 Å². The molecule has 1 aliphatic carbocycles. The lowest BCUT2D eigenvalue weighted by molar-refractivity contribution is 0.586. The fourth-order valence-electron chi connectivity index (χ4n) is 3.09. The third-order valence-electron chi connectivity index (χ3n) is 4.34. The van der Waals surface area contributed by atoms with E-state index < -0.39 is 32.4 Å². The second-order valence-electron chi connectivity index (χ2n) is 5.77. The smallest absolute Gasteiger partial charge is 0.183 e. The van der Waals surface area contributed by atoms with Crippen molar-refractivity contribution < 1.29 is 12.8 Å². The molecule has 3 rings (SSSR count). The highest BCUT2D eigenvalue weighted by Crippen LogP contribution is 2.55. The van der Waals surface area contributed by atoms with Gasteiger partial charge in [0.15, 0.2) is 9.84 Å². The quantitative estimate of drug-likeness (QED) is 0.880. The number of benzene rings is 2. The van der Waals surface area contributed by atoms with Gasteiger partial charge in [-0.3, -0.25) is 0 Å². The van der Waals surface area contributed by atoms with Crippen LogP contribution in [0, 0.1) is 5.82 Å². The normalized spacial score (nSPS) is 27.0. The van der Waals surface area contributed by atoms with Gasteiger partial charge in [-0.25, -0.2) is 12.8 Å². The Bertz CT molecular complexity index is 841. The molecule has 0 unspecified atom stereocenters. The lowest BCUT2D eigenvalue weighted by atomic mass is 10.1. The Morgan fingerprint density at radius 1 is 1.17 bits per heavy atom. The van der Waals surface area contributed by atoms with Crippen LogP contribution < -0.4 is 11.5 Å². The molecule has 0 spiro atoms. The summed E-state index contributed by atoms with van der Waals surface area (Å²) in [6.07, 6.45) is 0. The van der Waals surface area contributed by atoms with Gasteiger partial charge in [-0.15, -0.1) is 0 Å². The standard InChI is InChI=1S/C16H16ClFN2O2S/c17-11-4-6-13(7-5-11)23(21,22)15-14(16(15,20)9-19)10-2-1-3-12(18)8-10/h1-8,14-15H,9,19-20H2/t14-,15+,16+/m1/s1. The molecular weight excluding hydrogens is 339 g/mol. The minimum atomic E-state index is -3.70. The molecule has 0 bridgehead atoms. The largest absolute Gasteiger partial charge is 0.329 e. The molecule has 2 aromatic rings. The zero-order chi connectivity index (χ0) is 16.8. The first-order valence-corrected chi connectivity index (χ1v) is 8.97. The summed E-state index contributed by atoms with van der Waals surface area (Å²) >= 11 is 5.80. The highest BCUT2D eigenvalue weighted by atomic mass is 35.5. The molecule has 23 heavy (non-hydrogen) atoms. The van der Waals surface area contributed by atoms with E-state index in [1.807, 2.05) is 0 Å². The molecule has 1 fully saturated rings. The van der Waals surface area contributed by atoms with Crippen molar-refractivity contribution in [3.8, 4) is 0 Å². The van der Waals surface area contributed by atoms with Gasteiger partial charge in [0.25, 0.3) is 0 Å². The fourth-order valence-corrected chi connectivity index (χ4v) is 5.54. The minimum absolute atomic E-state index is 0.00827. The Morgan fingerprint density at radius 2 is 1.83 bits per heavy atom. The van der Waals surface area contributed by atoms with Crippen LogP contribution in [0.4, 0.5) is 4.39 Å². The molecule has 0 aliphatic heterocycles. The van der Waals surface area contributed by atoms with Gasteiger partial charge >= 0.3 is 0 Å². The zero-order valence-electron chi connectivity index (χ0n) is 12.1.